The van der Waals surface area contributed by atoms with Crippen molar-refractivity contribution in [2.24, 2.45) is 0 Å². The van der Waals surface area contributed by atoms with Gasteiger partial charge in [0.1, 0.15) is 17.2 Å². The quantitative estimate of drug-likeness (QED) is 0.363. The van der Waals surface area contributed by atoms with E-state index in [1.54, 1.807) is 13.2 Å². The number of para-hydroxylation sites is 1. The normalized spacial score (nSPS) is 13.8. The molecule has 1 aliphatic heterocycles. The number of fused-ring (bicyclic) bond motifs is 1. The predicted molar refractivity (Wildman–Crippen MR) is 129 cm³/mol. The highest BCUT2D eigenvalue weighted by Gasteiger charge is 2.28. The largest absolute Gasteiger partial charge is 0.496 e. The van der Waals surface area contributed by atoms with Gasteiger partial charge < -0.3 is 9.47 Å². The molecule has 0 amide bonds. The number of aromatic nitrogens is 2. The topological polar surface area (TPSA) is 53.4 Å². The molecule has 164 valence electrons. The molecule has 0 fully saturated rings. The van der Waals surface area contributed by atoms with Crippen LogP contribution in [-0.4, -0.2) is 22.7 Å². The van der Waals surface area contributed by atoms with Crippen LogP contribution in [0.3, 0.4) is 0 Å². The predicted octanol–water partition coefficient (Wildman–Crippen LogP) is 6.09. The number of aryl methyl sites for hydroxylation is 3. The van der Waals surface area contributed by atoms with Crippen LogP contribution in [0.1, 0.15) is 32.6 Å². The number of nitrogens with zero attached hydrogens (tertiary/aromatic N) is 2. The highest BCUT2D eigenvalue weighted by Crippen LogP contribution is 2.36. The molecular formula is C28H24N2O3. The summed E-state index contributed by atoms with van der Waals surface area (Å²) in [6.07, 6.45) is 3.71. The summed E-state index contributed by atoms with van der Waals surface area (Å²) in [4.78, 5) is 13.1. The highest BCUT2D eigenvalue weighted by molar-refractivity contribution is 6.14. The second-order valence-electron chi connectivity index (χ2n) is 8.27. The summed E-state index contributed by atoms with van der Waals surface area (Å²) in [5, 5.41) is 4.86. The average molecular weight is 437 g/mol. The van der Waals surface area contributed by atoms with E-state index < -0.39 is 0 Å². The van der Waals surface area contributed by atoms with Gasteiger partial charge in [0, 0.05) is 17.3 Å². The number of ketones is 1. The molecule has 0 N–H and O–H groups in total. The van der Waals surface area contributed by atoms with Gasteiger partial charge in [-0.15, -0.1) is 0 Å². The van der Waals surface area contributed by atoms with Crippen LogP contribution in [0.25, 0.3) is 23.0 Å². The van der Waals surface area contributed by atoms with E-state index in [2.05, 4.69) is 0 Å². The second-order valence-corrected chi connectivity index (χ2v) is 8.27. The summed E-state index contributed by atoms with van der Waals surface area (Å²) < 4.78 is 13.2. The Morgan fingerprint density at radius 1 is 0.939 bits per heavy atom. The fourth-order valence-corrected chi connectivity index (χ4v) is 4.04. The zero-order chi connectivity index (χ0) is 23.1. The summed E-state index contributed by atoms with van der Waals surface area (Å²) >= 11 is 0. The van der Waals surface area contributed by atoms with Gasteiger partial charge in [-0.1, -0.05) is 18.2 Å². The lowest BCUT2D eigenvalue weighted by atomic mass is 10.0. The first-order chi connectivity index (χ1) is 15.9. The van der Waals surface area contributed by atoms with E-state index in [0.29, 0.717) is 17.1 Å². The maximum Gasteiger partial charge on any atom is 0.231 e. The SMILES string of the molecule is COc1ccc(-c2nn(-c3ccccc3)cc2/C=C2\Oc3cc(C)c(C)cc3C2=O)cc1C. The number of allylic oxidation sites excluding steroid dienone is 1. The van der Waals surface area contributed by atoms with Crippen molar-refractivity contribution in [1.82, 2.24) is 9.78 Å². The number of benzene rings is 3. The molecule has 5 heteroatoms. The Morgan fingerprint density at radius 2 is 1.70 bits per heavy atom. The molecule has 0 atom stereocenters. The maximum atomic E-state index is 13.1. The molecule has 4 aromatic rings. The Bertz CT molecular complexity index is 1410. The van der Waals surface area contributed by atoms with E-state index in [4.69, 9.17) is 14.6 Å². The Hall–Kier alpha value is -4.12. The minimum atomic E-state index is -0.113. The summed E-state index contributed by atoms with van der Waals surface area (Å²) in [6.45, 7) is 6.01. The minimum Gasteiger partial charge on any atom is -0.496 e. The van der Waals surface area contributed by atoms with Gasteiger partial charge in [0.05, 0.1) is 18.4 Å². The van der Waals surface area contributed by atoms with Crippen LogP contribution in [0.5, 0.6) is 11.5 Å². The van der Waals surface area contributed by atoms with Crippen molar-refractivity contribution in [1.29, 1.82) is 0 Å². The minimum absolute atomic E-state index is 0.113. The van der Waals surface area contributed by atoms with E-state index in [9.17, 15) is 4.79 Å². The molecule has 1 aromatic heterocycles. The lowest BCUT2D eigenvalue weighted by Crippen LogP contribution is -1.98. The van der Waals surface area contributed by atoms with Gasteiger partial charge in [-0.05, 0) is 86.0 Å². The third-order valence-electron chi connectivity index (χ3n) is 6.00. The summed E-state index contributed by atoms with van der Waals surface area (Å²) in [5.41, 5.74) is 7.19. The Balaban J connectivity index is 1.63. The Labute approximate surface area is 192 Å². The number of hydrogen-bond acceptors (Lipinski definition) is 4. The van der Waals surface area contributed by atoms with Crippen molar-refractivity contribution >= 4 is 11.9 Å². The fraction of sp³-hybridized carbons (Fsp3) is 0.143. The van der Waals surface area contributed by atoms with Crippen LogP contribution in [0.2, 0.25) is 0 Å². The van der Waals surface area contributed by atoms with Crippen molar-refractivity contribution in [2.75, 3.05) is 7.11 Å². The molecular weight excluding hydrogens is 412 g/mol. The van der Waals surface area contributed by atoms with E-state index in [1.165, 1.54) is 0 Å². The first-order valence-electron chi connectivity index (χ1n) is 10.8. The highest BCUT2D eigenvalue weighted by atomic mass is 16.5. The second kappa shape index (κ2) is 8.10. The molecule has 5 nitrogen and oxygen atoms in total. The van der Waals surface area contributed by atoms with Gasteiger partial charge in [0.2, 0.25) is 5.78 Å². The lowest BCUT2D eigenvalue weighted by molar-refractivity contribution is 0.101. The maximum absolute atomic E-state index is 13.1. The van der Waals surface area contributed by atoms with Crippen LogP contribution in [0.15, 0.2) is 72.6 Å². The molecule has 0 spiro atoms. The molecule has 1 aliphatic rings. The van der Waals surface area contributed by atoms with E-state index in [1.807, 2.05) is 92.3 Å². The number of Topliss-reactive ketones (excluding diaryl/α,β-unsaturated/α-hetero) is 1. The van der Waals surface area contributed by atoms with Crippen LogP contribution >= 0.6 is 0 Å². The first kappa shape index (κ1) is 20.8. The van der Waals surface area contributed by atoms with Crippen molar-refractivity contribution < 1.29 is 14.3 Å². The number of ether oxygens (including phenoxy) is 2. The van der Waals surface area contributed by atoms with E-state index in [0.717, 1.165) is 44.9 Å². The third kappa shape index (κ3) is 3.72. The number of methoxy groups -OCH3 is 1. The number of carbonyl (C=O) groups excluding carboxylic acids is 1. The smallest absolute Gasteiger partial charge is 0.231 e. The van der Waals surface area contributed by atoms with Crippen LogP contribution < -0.4 is 9.47 Å². The molecule has 0 saturated heterocycles. The van der Waals surface area contributed by atoms with Gasteiger partial charge >= 0.3 is 0 Å². The zero-order valence-corrected chi connectivity index (χ0v) is 19.0. The van der Waals surface area contributed by atoms with Gasteiger partial charge in [0.25, 0.3) is 0 Å². The monoisotopic (exact) mass is 436 g/mol. The number of rotatable bonds is 4. The zero-order valence-electron chi connectivity index (χ0n) is 19.0. The van der Waals surface area contributed by atoms with E-state index in [-0.39, 0.29) is 5.78 Å². The van der Waals surface area contributed by atoms with E-state index >= 15 is 0 Å². The van der Waals surface area contributed by atoms with Crippen molar-refractivity contribution in [3.05, 3.63) is 100 Å². The molecule has 5 rings (SSSR count). The molecule has 33 heavy (non-hydrogen) atoms. The summed E-state index contributed by atoms with van der Waals surface area (Å²) in [6, 6.07) is 19.7. The third-order valence-corrected chi connectivity index (χ3v) is 6.00. The molecule has 0 bridgehead atoms. The van der Waals surface area contributed by atoms with Gasteiger partial charge in [0.15, 0.2) is 5.76 Å². The van der Waals surface area contributed by atoms with Crippen LogP contribution in [0.4, 0.5) is 0 Å². The summed E-state index contributed by atoms with van der Waals surface area (Å²) in [5.74, 6) is 1.61. The standard InChI is InChI=1S/C28H24N2O3/c1-17-13-23-25(14-18(17)2)33-26(28(23)31)15-21-16-30(22-8-6-5-7-9-22)29-27(21)20-10-11-24(32-4)19(3)12-20/h5-16H,1-4H3/b26-15-. The first-order valence-corrected chi connectivity index (χ1v) is 10.8. The fourth-order valence-electron chi connectivity index (χ4n) is 4.04. The Kier molecular flexibility index (Phi) is 5.09. The van der Waals surface area contributed by atoms with Gasteiger partial charge in [-0.3, -0.25) is 4.79 Å². The van der Waals surface area contributed by atoms with Crippen molar-refractivity contribution in [3.63, 3.8) is 0 Å². The number of carbonyl (C=O) groups is 1. The van der Waals surface area contributed by atoms with Crippen LogP contribution in [0, 0.1) is 20.8 Å². The number of hydrogen-bond donors (Lipinski definition) is 0. The lowest BCUT2D eigenvalue weighted by Gasteiger charge is -2.07. The molecule has 0 unspecified atom stereocenters. The molecule has 0 radical (unpaired) electrons. The van der Waals surface area contributed by atoms with Crippen molar-refractivity contribution in [2.45, 2.75) is 20.8 Å². The van der Waals surface area contributed by atoms with Gasteiger partial charge in [-0.25, -0.2) is 4.68 Å². The molecule has 0 aliphatic carbocycles. The van der Waals surface area contributed by atoms with Gasteiger partial charge in [-0.2, -0.15) is 5.10 Å². The molecule has 0 saturated carbocycles. The molecule has 3 aromatic carbocycles. The summed E-state index contributed by atoms with van der Waals surface area (Å²) in [7, 11) is 1.66. The molecule has 2 heterocycles. The average Bonchev–Trinajstić information content (AvgIpc) is 3.36. The van der Waals surface area contributed by atoms with Crippen molar-refractivity contribution in [3.8, 4) is 28.4 Å². The Morgan fingerprint density at radius 3 is 2.42 bits per heavy atom. The van der Waals surface area contributed by atoms with Crippen LogP contribution in [-0.2, 0) is 0 Å².